The van der Waals surface area contributed by atoms with Gasteiger partial charge in [0.2, 0.25) is 0 Å². The average molecular weight is 1670 g/mol. The second kappa shape index (κ2) is 23.9. The van der Waals surface area contributed by atoms with Crippen LogP contribution in [0.1, 0.15) is 0 Å². The number of benzene rings is 17. The van der Waals surface area contributed by atoms with Gasteiger partial charge in [0.05, 0.1) is 22.7 Å². The van der Waals surface area contributed by atoms with Gasteiger partial charge in [-0.25, -0.2) is 0 Å². The lowest BCUT2D eigenvalue weighted by atomic mass is 9.30. The van der Waals surface area contributed by atoms with E-state index in [0.717, 1.165) is 0 Å². The first-order valence-corrected chi connectivity index (χ1v) is 47.1. The summed E-state index contributed by atoms with van der Waals surface area (Å²) in [4.78, 5) is 26.5. The van der Waals surface area contributed by atoms with Crippen LogP contribution in [0, 0.1) is 0 Å². The molecule has 2 aromatic heterocycles. The Labute approximate surface area is 753 Å². The fraction of sp³-hybridized carbons (Fsp3) is 0. The summed E-state index contributed by atoms with van der Waals surface area (Å²) in [6, 6.07) is 134. The van der Waals surface area contributed by atoms with E-state index in [-0.39, 0.29) is 40.7 Å². The van der Waals surface area contributed by atoms with Crippen molar-refractivity contribution in [1.82, 2.24) is 9.13 Å². The Morgan fingerprint density at radius 3 is 1.09 bits per heavy atom. The first-order valence-electron chi connectivity index (χ1n) is 44.7. The molecular weight excluding hydrogens is 1610 g/mol. The Balaban J connectivity index is 0.0000000888. The van der Waals surface area contributed by atoms with Crippen LogP contribution in [-0.4, -0.2) is 49.8 Å². The van der Waals surface area contributed by atoms with Crippen molar-refractivity contribution in [3.63, 3.8) is 0 Å². The van der Waals surface area contributed by atoms with Crippen LogP contribution in [0.2, 0.25) is 0 Å². The molecule has 0 atom stereocenters. The number of rotatable bonds is 3. The van der Waals surface area contributed by atoms with E-state index < -0.39 is 0 Å². The highest BCUT2D eigenvalue weighted by Crippen LogP contribution is 2.60. The predicted octanol–water partition coefficient (Wildman–Crippen LogP) is 17.0. The van der Waals surface area contributed by atoms with Gasteiger partial charge < -0.3 is 43.2 Å². The van der Waals surface area contributed by atoms with Gasteiger partial charge in [-0.2, -0.15) is 0 Å². The number of aromatic nitrogens is 2. The fourth-order valence-corrected chi connectivity index (χ4v) is 29.9. The van der Waals surface area contributed by atoms with E-state index in [0.29, 0.717) is 0 Å². The van der Waals surface area contributed by atoms with Gasteiger partial charge in [0.25, 0.3) is 20.1 Å². The van der Waals surface area contributed by atoms with Crippen LogP contribution >= 0.6 is 35.3 Å². The highest BCUT2D eigenvalue weighted by atomic mass is 32.2. The maximum absolute atomic E-state index is 2.73. The van der Waals surface area contributed by atoms with Crippen molar-refractivity contribution >= 4 is 261 Å². The first kappa shape index (κ1) is 67.7. The number of fused-ring (bicyclic) bond motifs is 20. The molecule has 17 aromatic carbocycles. The molecule has 18 heteroatoms. The molecule has 0 aliphatic carbocycles. The van der Waals surface area contributed by atoms with Crippen molar-refractivity contribution < 1.29 is 0 Å². The second-order valence-electron chi connectivity index (χ2n) is 36.2. The number of hydrogen-bond acceptors (Lipinski definition) is 10. The minimum Gasteiger partial charge on any atom is -0.377 e. The zero-order valence-corrected chi connectivity index (χ0v) is 70.9. The van der Waals surface area contributed by atoms with Gasteiger partial charge in [-0.15, -0.1) is 0 Å². The van der Waals surface area contributed by atoms with Crippen molar-refractivity contribution in [3.8, 4) is 55.9 Å². The van der Waals surface area contributed by atoms with Crippen molar-refractivity contribution in [1.29, 1.82) is 0 Å². The smallest absolute Gasteiger partial charge is 0.363 e. The molecule has 0 N–H and O–H groups in total. The maximum Gasteiger partial charge on any atom is 0.363 e. The molecule has 18 heterocycles. The summed E-state index contributed by atoms with van der Waals surface area (Å²) in [7, 11) is 0. The lowest BCUT2D eigenvalue weighted by Gasteiger charge is -2.54. The van der Waals surface area contributed by atoms with E-state index in [1.54, 1.807) is 0 Å². The molecule has 35 rings (SSSR count). The van der Waals surface area contributed by atoms with Gasteiger partial charge in [-0.1, -0.05) is 223 Å². The van der Waals surface area contributed by atoms with Crippen LogP contribution in [-0.2, 0) is 0 Å². The zero-order valence-electron chi connectivity index (χ0n) is 68.4. The Morgan fingerprint density at radius 2 is 0.539 bits per heavy atom. The summed E-state index contributed by atoms with van der Waals surface area (Å²) in [6.45, 7) is 0.944. The number of para-hydroxylation sites is 5. The Hall–Kier alpha value is -14.7. The number of nitrogens with zero attached hydrogens (tertiary/aromatic N) is 9. The van der Waals surface area contributed by atoms with Gasteiger partial charge in [0.15, 0.2) is 0 Å². The van der Waals surface area contributed by atoms with E-state index in [2.05, 4.69) is 413 Å². The lowest BCUT2D eigenvalue weighted by Crippen LogP contribution is -2.72. The molecule has 9 nitrogen and oxygen atoms in total. The van der Waals surface area contributed by atoms with Gasteiger partial charge in [-0.05, 0) is 263 Å². The molecule has 0 fully saturated rings. The molecule has 16 aliphatic rings. The van der Waals surface area contributed by atoms with Crippen LogP contribution < -0.4 is 116 Å². The van der Waals surface area contributed by atoms with E-state index >= 15 is 0 Å². The van der Waals surface area contributed by atoms with Crippen molar-refractivity contribution in [3.05, 3.63) is 370 Å². The standard InChI is InChI=1S/C42H23B2N3S.C36H20B2N2S.C32H18B2N4S/c1-2-11-24(12-3-1)45-32-19-9-21-35-39(32)43-40-33(20-10-22-36(40)48-35)46-31-18-8-15-27-25-13-4-6-16-29(25)47-30-17-7-5-14-26(30)28-23-34(45)41(43)42(46)38(28)44(47)37(27)31;1-2-9-21(10-3-1)39-28-15-8-16-30-32(28)37-33-29(39)19-17-24-22-11-4-6-13-26(22)38-27-14-7-5-12-23(27)25-18-20-31(41-30)34(37)36(25)40(38)35(24)33;1-2-7-19(8-3-1)37-20-9-4-10-24-28(20)33-29-21(37)13-14-22-31(29)38-32-23(15-16-25(39-24)30(32)33)36-18-6-12-27(36)34(38)26-11-5-17-35(22)26/h1-23H;1-20H;1-18H. The maximum atomic E-state index is 2.73. The summed E-state index contributed by atoms with van der Waals surface area (Å²) in [6.07, 6.45) is 4.49. The third-order valence-corrected chi connectivity index (χ3v) is 34.1. The predicted molar refractivity (Wildman–Crippen MR) is 539 cm³/mol. The van der Waals surface area contributed by atoms with E-state index in [9.17, 15) is 0 Å². The highest BCUT2D eigenvalue weighted by molar-refractivity contribution is 8.00. The summed E-state index contributed by atoms with van der Waals surface area (Å²) >= 11 is 5.82. The van der Waals surface area contributed by atoms with Crippen molar-refractivity contribution in [2.45, 2.75) is 29.4 Å². The lowest BCUT2D eigenvalue weighted by molar-refractivity contribution is 1.04. The third-order valence-electron chi connectivity index (χ3n) is 30.7. The average Bonchev–Trinajstić information content (AvgIpc) is 0.792. The number of hydrogen-bond donors (Lipinski definition) is 0. The zero-order chi connectivity index (χ0) is 82.2. The molecular formula is C110H61B6N9S3. The minimum atomic E-state index is 0.0806. The Morgan fingerprint density at radius 1 is 0.180 bits per heavy atom. The molecule has 16 aliphatic heterocycles. The third kappa shape index (κ3) is 8.01. The number of anilines is 18. The van der Waals surface area contributed by atoms with Crippen LogP contribution in [0.4, 0.5) is 102 Å². The van der Waals surface area contributed by atoms with Gasteiger partial charge in [0, 0.05) is 166 Å². The quantitative estimate of drug-likeness (QED) is 0.160. The summed E-state index contributed by atoms with van der Waals surface area (Å²) in [5, 5.41) is 0. The Kier molecular flexibility index (Phi) is 12.6. The molecule has 0 amide bonds. The van der Waals surface area contributed by atoms with Gasteiger partial charge in [-0.3, -0.25) is 0 Å². The first-order chi connectivity index (χ1) is 63.6. The summed E-state index contributed by atoms with van der Waals surface area (Å²) in [5.74, 6) is 0. The Bertz CT molecular complexity index is 8470. The van der Waals surface area contributed by atoms with Crippen LogP contribution in [0.3, 0.4) is 0 Å². The molecule has 0 saturated heterocycles. The molecule has 0 spiro atoms. The van der Waals surface area contributed by atoms with Gasteiger partial charge >= 0.3 is 20.5 Å². The van der Waals surface area contributed by atoms with E-state index in [4.69, 9.17) is 0 Å². The van der Waals surface area contributed by atoms with Crippen molar-refractivity contribution in [2.24, 2.45) is 0 Å². The van der Waals surface area contributed by atoms with Gasteiger partial charge in [0.1, 0.15) is 0 Å². The molecule has 0 saturated carbocycles. The largest absolute Gasteiger partial charge is 0.377 e. The molecule has 0 radical (unpaired) electrons. The van der Waals surface area contributed by atoms with Crippen molar-refractivity contribution in [2.75, 3.05) is 34.0 Å². The molecule has 128 heavy (non-hydrogen) atoms. The van der Waals surface area contributed by atoms with Crippen LogP contribution in [0.5, 0.6) is 0 Å². The second-order valence-corrected chi connectivity index (χ2v) is 39.4. The fourth-order valence-electron chi connectivity index (χ4n) is 26.3. The topological polar surface area (TPSA) is 32.5 Å². The summed E-state index contributed by atoms with van der Waals surface area (Å²) in [5.41, 5.74) is 58.2. The molecule has 0 bridgehead atoms. The minimum absolute atomic E-state index is 0.0806. The van der Waals surface area contributed by atoms with E-state index in [1.165, 1.54) is 270 Å². The van der Waals surface area contributed by atoms with E-state index in [1.807, 2.05) is 35.3 Å². The molecule has 19 aromatic rings. The summed E-state index contributed by atoms with van der Waals surface area (Å²) < 4.78 is 4.86. The van der Waals surface area contributed by atoms with Crippen LogP contribution in [0.15, 0.2) is 400 Å². The SMILES string of the molecule is c1ccc(N2c3cccc4c3B3c5c(ccc6c5N5B(c7ccccc7-6)c6ccccc6-c6ccc2c3c65)S4)cc1.c1ccc(N2c3cccc4c3B3c5c(ccc6c5N5B(c7cccn7-6)c6cccn6-c6ccc2c3c65)S4)cc1.c1ccc(N2c3cccc4c3B3c5c(cccc5N5c6cccc7c6B6c8c(cc2c3c85)-c2ccccc2N6c2ccccc2-7)S4)cc1. The highest BCUT2D eigenvalue weighted by Gasteiger charge is 2.60. The normalized spacial score (nSPS) is 15.2. The monoisotopic (exact) mass is 1670 g/mol. The molecule has 0 unspecified atom stereocenters. The van der Waals surface area contributed by atoms with Crippen LogP contribution in [0.25, 0.3) is 55.9 Å². The molecule has 582 valence electrons.